The highest BCUT2D eigenvalue weighted by molar-refractivity contribution is 5.87. The summed E-state index contributed by atoms with van der Waals surface area (Å²) in [6, 6.07) is 1.48. The molecule has 0 saturated heterocycles. The molecule has 0 aromatic carbocycles. The molecule has 0 spiro atoms. The zero-order chi connectivity index (χ0) is 15.9. The van der Waals surface area contributed by atoms with Crippen molar-refractivity contribution in [3.05, 3.63) is 23.3 Å². The molecular weight excluding hydrogens is 281 g/mol. The summed E-state index contributed by atoms with van der Waals surface area (Å²) in [6.07, 6.45) is 9.84. The van der Waals surface area contributed by atoms with Crippen molar-refractivity contribution >= 4 is 5.97 Å². The Bertz CT molecular complexity index is 475. The van der Waals surface area contributed by atoms with Crippen LogP contribution in [0.25, 0.3) is 0 Å². The minimum atomic E-state index is -0.598. The maximum Gasteiger partial charge on any atom is 0.357 e. The van der Waals surface area contributed by atoms with E-state index in [0.717, 1.165) is 24.5 Å². The van der Waals surface area contributed by atoms with Gasteiger partial charge in [-0.2, -0.15) is 0 Å². The Morgan fingerprint density at radius 2 is 2.00 bits per heavy atom. The van der Waals surface area contributed by atoms with Gasteiger partial charge in [-0.25, -0.2) is 9.18 Å². The number of esters is 1. The quantitative estimate of drug-likeness (QED) is 0.556. The molecule has 0 amide bonds. The van der Waals surface area contributed by atoms with Gasteiger partial charge < -0.3 is 9.72 Å². The largest absolute Gasteiger partial charge is 0.461 e. The van der Waals surface area contributed by atoms with Crippen LogP contribution in [-0.2, 0) is 4.74 Å². The van der Waals surface area contributed by atoms with E-state index in [1.807, 2.05) is 0 Å². The molecule has 1 aliphatic carbocycles. The number of aromatic nitrogens is 1. The molecule has 0 atom stereocenters. The number of carbonyl (C=O) groups is 1. The van der Waals surface area contributed by atoms with Crippen molar-refractivity contribution in [3.8, 4) is 0 Å². The summed E-state index contributed by atoms with van der Waals surface area (Å²) < 4.78 is 18.8. The number of H-pyrrole nitrogens is 1. The van der Waals surface area contributed by atoms with Gasteiger partial charge in [-0.15, -0.1) is 0 Å². The smallest absolute Gasteiger partial charge is 0.357 e. The Hall–Kier alpha value is -1.32. The number of ether oxygens (including phenoxy) is 1. The molecule has 1 heterocycles. The first-order valence-corrected chi connectivity index (χ1v) is 8.71. The minimum absolute atomic E-state index is 0.0260. The highest BCUT2D eigenvalue weighted by Crippen LogP contribution is 2.37. The van der Waals surface area contributed by atoms with E-state index in [1.54, 1.807) is 6.92 Å². The van der Waals surface area contributed by atoms with Gasteiger partial charge in [0.2, 0.25) is 0 Å². The molecular formula is C18H28FNO2. The summed E-state index contributed by atoms with van der Waals surface area (Å²) >= 11 is 0. The second-order valence-electron chi connectivity index (χ2n) is 6.38. The average Bonchev–Trinajstić information content (AvgIpc) is 2.90. The molecule has 1 aromatic rings. The van der Waals surface area contributed by atoms with E-state index in [9.17, 15) is 9.18 Å². The molecule has 0 radical (unpaired) electrons. The third-order valence-corrected chi connectivity index (χ3v) is 4.77. The lowest BCUT2D eigenvalue weighted by molar-refractivity contribution is 0.0514. The normalized spacial score (nSPS) is 21.8. The Labute approximate surface area is 132 Å². The second-order valence-corrected chi connectivity index (χ2v) is 6.38. The van der Waals surface area contributed by atoms with Gasteiger partial charge in [0.05, 0.1) is 6.61 Å². The number of carbonyl (C=O) groups excluding carboxylic acids is 1. The standard InChI is InChI=1S/C18H28FNO2/c1-3-5-6-7-13-8-10-14(11-9-13)16-12-15(19)17(20-16)18(21)22-4-2/h12-14,20H,3-11H2,1-2H3. The van der Waals surface area contributed by atoms with E-state index < -0.39 is 11.8 Å². The zero-order valence-electron chi connectivity index (χ0n) is 13.8. The van der Waals surface area contributed by atoms with Crippen LogP contribution < -0.4 is 0 Å². The van der Waals surface area contributed by atoms with Crippen molar-refractivity contribution < 1.29 is 13.9 Å². The fraction of sp³-hybridized carbons (Fsp3) is 0.722. The third-order valence-electron chi connectivity index (χ3n) is 4.77. The molecule has 22 heavy (non-hydrogen) atoms. The van der Waals surface area contributed by atoms with Gasteiger partial charge in [-0.05, 0) is 50.5 Å². The Morgan fingerprint density at radius 1 is 1.27 bits per heavy atom. The van der Waals surface area contributed by atoms with Crippen LogP contribution in [0.2, 0.25) is 0 Å². The molecule has 1 aliphatic rings. The van der Waals surface area contributed by atoms with Crippen molar-refractivity contribution in [3.63, 3.8) is 0 Å². The lowest BCUT2D eigenvalue weighted by Crippen LogP contribution is -2.14. The van der Waals surface area contributed by atoms with Crippen LogP contribution in [0, 0.1) is 11.7 Å². The maximum atomic E-state index is 13.9. The van der Waals surface area contributed by atoms with Crippen LogP contribution in [0.5, 0.6) is 0 Å². The zero-order valence-corrected chi connectivity index (χ0v) is 13.8. The summed E-state index contributed by atoms with van der Waals surface area (Å²) in [6.45, 7) is 4.22. The van der Waals surface area contributed by atoms with E-state index in [0.29, 0.717) is 5.92 Å². The molecule has 1 fully saturated rings. The number of rotatable bonds is 7. The van der Waals surface area contributed by atoms with Crippen LogP contribution in [0.1, 0.15) is 87.3 Å². The van der Waals surface area contributed by atoms with Crippen molar-refractivity contribution in [2.75, 3.05) is 6.61 Å². The minimum Gasteiger partial charge on any atom is -0.461 e. The molecule has 2 rings (SSSR count). The Kier molecular flexibility index (Phi) is 6.47. The monoisotopic (exact) mass is 309 g/mol. The van der Waals surface area contributed by atoms with E-state index in [4.69, 9.17) is 4.74 Å². The predicted molar refractivity (Wildman–Crippen MR) is 85.5 cm³/mol. The van der Waals surface area contributed by atoms with Crippen molar-refractivity contribution in [1.82, 2.24) is 4.98 Å². The van der Waals surface area contributed by atoms with Crippen LogP contribution in [0.4, 0.5) is 4.39 Å². The van der Waals surface area contributed by atoms with E-state index in [2.05, 4.69) is 11.9 Å². The van der Waals surface area contributed by atoms with Crippen LogP contribution >= 0.6 is 0 Å². The molecule has 0 bridgehead atoms. The summed E-state index contributed by atoms with van der Waals surface area (Å²) in [5, 5.41) is 0. The topological polar surface area (TPSA) is 42.1 Å². The van der Waals surface area contributed by atoms with Crippen molar-refractivity contribution in [2.24, 2.45) is 5.92 Å². The maximum absolute atomic E-state index is 13.9. The van der Waals surface area contributed by atoms with Gasteiger partial charge >= 0.3 is 5.97 Å². The van der Waals surface area contributed by atoms with Gasteiger partial charge in [0, 0.05) is 5.69 Å². The molecule has 0 aliphatic heterocycles. The first-order valence-electron chi connectivity index (χ1n) is 8.71. The highest BCUT2D eigenvalue weighted by Gasteiger charge is 2.26. The summed E-state index contributed by atoms with van der Waals surface area (Å²) in [5.74, 6) is 0.0882. The molecule has 124 valence electrons. The molecule has 1 aromatic heterocycles. The fourth-order valence-electron chi connectivity index (χ4n) is 3.47. The lowest BCUT2D eigenvalue weighted by Gasteiger charge is -2.28. The SMILES string of the molecule is CCCCCC1CCC(c2cc(F)c(C(=O)OCC)[nH]2)CC1. The first kappa shape index (κ1) is 17.0. The van der Waals surface area contributed by atoms with Crippen LogP contribution in [-0.4, -0.2) is 17.6 Å². The molecule has 1 saturated carbocycles. The highest BCUT2D eigenvalue weighted by atomic mass is 19.1. The molecule has 1 N–H and O–H groups in total. The molecule has 3 nitrogen and oxygen atoms in total. The lowest BCUT2D eigenvalue weighted by atomic mass is 9.78. The van der Waals surface area contributed by atoms with Crippen molar-refractivity contribution in [2.45, 2.75) is 71.1 Å². The Balaban J connectivity index is 1.89. The number of aromatic amines is 1. The second kappa shape index (κ2) is 8.35. The number of hydrogen-bond acceptors (Lipinski definition) is 2. The molecule has 0 unspecified atom stereocenters. The first-order chi connectivity index (χ1) is 10.7. The summed E-state index contributed by atoms with van der Waals surface area (Å²) in [4.78, 5) is 14.6. The number of nitrogens with one attached hydrogen (secondary N) is 1. The van der Waals surface area contributed by atoms with E-state index >= 15 is 0 Å². The van der Waals surface area contributed by atoms with Gasteiger partial charge in [0.15, 0.2) is 11.5 Å². The Morgan fingerprint density at radius 3 is 2.64 bits per heavy atom. The van der Waals surface area contributed by atoms with Gasteiger partial charge in [-0.3, -0.25) is 0 Å². The number of unbranched alkanes of at least 4 members (excludes halogenated alkanes) is 2. The molecule has 4 heteroatoms. The van der Waals surface area contributed by atoms with Crippen LogP contribution in [0.3, 0.4) is 0 Å². The predicted octanol–water partition coefficient (Wildman–Crippen LogP) is 5.18. The van der Waals surface area contributed by atoms with Crippen LogP contribution in [0.15, 0.2) is 6.07 Å². The van der Waals surface area contributed by atoms with E-state index in [1.165, 1.54) is 44.6 Å². The average molecular weight is 309 g/mol. The van der Waals surface area contributed by atoms with Gasteiger partial charge in [-0.1, -0.05) is 32.6 Å². The number of halogens is 1. The summed E-state index contributed by atoms with van der Waals surface area (Å²) in [5.41, 5.74) is 0.828. The van der Waals surface area contributed by atoms with E-state index in [-0.39, 0.29) is 12.3 Å². The fourth-order valence-corrected chi connectivity index (χ4v) is 3.47. The third kappa shape index (κ3) is 4.34. The number of hydrogen-bond donors (Lipinski definition) is 1. The van der Waals surface area contributed by atoms with Crippen molar-refractivity contribution in [1.29, 1.82) is 0 Å². The van der Waals surface area contributed by atoms with Gasteiger partial charge in [0.25, 0.3) is 0 Å². The van der Waals surface area contributed by atoms with Gasteiger partial charge in [0.1, 0.15) is 0 Å². The summed E-state index contributed by atoms with van der Waals surface area (Å²) in [7, 11) is 0.